The number of imidazole rings is 1. The zero-order valence-electron chi connectivity index (χ0n) is 25.1. The number of rotatable bonds is 9. The Balaban J connectivity index is 1.22. The van der Waals surface area contributed by atoms with Crippen LogP contribution in [-0.2, 0) is 27.8 Å². The van der Waals surface area contributed by atoms with Gasteiger partial charge in [0.05, 0.1) is 47.2 Å². The number of carbonyl (C=O) groups excluding carboxylic acids is 1. The number of amides is 1. The van der Waals surface area contributed by atoms with Crippen molar-refractivity contribution in [1.82, 2.24) is 39.8 Å². The maximum absolute atomic E-state index is 16.3. The van der Waals surface area contributed by atoms with E-state index in [2.05, 4.69) is 45.2 Å². The molecular formula is C33H25F2N9O3S. The van der Waals surface area contributed by atoms with Gasteiger partial charge < -0.3 is 10.3 Å². The lowest BCUT2D eigenvalue weighted by atomic mass is 10.0. The number of nitrogens with zero attached hydrogens (tertiary/aromatic N) is 5. The minimum Gasteiger partial charge on any atom is -0.335 e. The van der Waals surface area contributed by atoms with Crippen LogP contribution in [0.1, 0.15) is 11.1 Å². The molecule has 5 heterocycles. The zero-order valence-corrected chi connectivity index (χ0v) is 25.9. The van der Waals surface area contributed by atoms with Crippen molar-refractivity contribution in [2.24, 2.45) is 0 Å². The number of anilines is 1. The number of sulfonamides is 1. The predicted octanol–water partition coefficient (Wildman–Crippen LogP) is 5.13. The highest BCUT2D eigenvalue weighted by molar-refractivity contribution is 7.88. The first-order chi connectivity index (χ1) is 23.1. The van der Waals surface area contributed by atoms with E-state index < -0.39 is 21.7 Å². The Kier molecular flexibility index (Phi) is 7.90. The molecule has 0 radical (unpaired) electrons. The van der Waals surface area contributed by atoms with Crippen molar-refractivity contribution in [3.05, 3.63) is 108 Å². The molecule has 15 heteroatoms. The summed E-state index contributed by atoms with van der Waals surface area (Å²) in [6.45, 7) is -0.0978. The fourth-order valence-corrected chi connectivity index (χ4v) is 5.79. The van der Waals surface area contributed by atoms with E-state index in [1.54, 1.807) is 18.2 Å². The molecule has 0 saturated carbocycles. The van der Waals surface area contributed by atoms with Crippen LogP contribution in [-0.4, -0.2) is 55.7 Å². The van der Waals surface area contributed by atoms with E-state index in [-0.39, 0.29) is 47.1 Å². The summed E-state index contributed by atoms with van der Waals surface area (Å²) in [6.07, 6.45) is 7.04. The number of aromatic nitrogens is 7. The normalized spacial score (nSPS) is 11.7. The lowest BCUT2D eigenvalue weighted by Crippen LogP contribution is -2.21. The number of aromatic amines is 2. The average Bonchev–Trinajstić information content (AvgIpc) is 3.69. The van der Waals surface area contributed by atoms with E-state index in [1.807, 2.05) is 30.3 Å². The van der Waals surface area contributed by atoms with Crippen molar-refractivity contribution in [1.29, 1.82) is 0 Å². The number of nitrogens with one attached hydrogen (secondary N) is 4. The largest absolute Gasteiger partial charge is 0.335 e. The van der Waals surface area contributed by atoms with Crippen molar-refractivity contribution in [2.75, 3.05) is 11.6 Å². The molecular weight excluding hydrogens is 640 g/mol. The predicted molar refractivity (Wildman–Crippen MR) is 176 cm³/mol. The maximum atomic E-state index is 16.3. The smallest absolute Gasteiger partial charge is 0.228 e. The van der Waals surface area contributed by atoms with Crippen LogP contribution in [0.2, 0.25) is 0 Å². The first kappa shape index (κ1) is 30.7. The van der Waals surface area contributed by atoms with Gasteiger partial charge in [-0.25, -0.2) is 31.9 Å². The van der Waals surface area contributed by atoms with Crippen molar-refractivity contribution >= 4 is 43.7 Å². The molecule has 7 aromatic rings. The Morgan fingerprint density at radius 2 is 1.75 bits per heavy atom. The second-order valence-corrected chi connectivity index (χ2v) is 12.9. The topological polar surface area (TPSA) is 171 Å². The van der Waals surface area contributed by atoms with Crippen LogP contribution in [0.15, 0.2) is 85.5 Å². The second-order valence-electron chi connectivity index (χ2n) is 11.0. The molecule has 240 valence electrons. The van der Waals surface area contributed by atoms with E-state index in [1.165, 1.54) is 36.9 Å². The van der Waals surface area contributed by atoms with Crippen LogP contribution in [0.5, 0.6) is 0 Å². The summed E-state index contributed by atoms with van der Waals surface area (Å²) >= 11 is 0. The first-order valence-corrected chi connectivity index (χ1v) is 16.4. The van der Waals surface area contributed by atoms with Crippen molar-refractivity contribution in [3.63, 3.8) is 0 Å². The second kappa shape index (κ2) is 12.4. The van der Waals surface area contributed by atoms with E-state index in [4.69, 9.17) is 0 Å². The number of hydrogen-bond acceptors (Lipinski definition) is 8. The van der Waals surface area contributed by atoms with Crippen LogP contribution in [0.3, 0.4) is 0 Å². The molecule has 12 nitrogen and oxygen atoms in total. The molecule has 0 spiro atoms. The van der Waals surface area contributed by atoms with Crippen molar-refractivity contribution < 1.29 is 22.0 Å². The molecule has 4 N–H and O–H groups in total. The molecule has 48 heavy (non-hydrogen) atoms. The van der Waals surface area contributed by atoms with Crippen LogP contribution in [0.25, 0.3) is 56.0 Å². The van der Waals surface area contributed by atoms with Crippen LogP contribution in [0, 0.1) is 11.6 Å². The van der Waals surface area contributed by atoms with Crippen molar-refractivity contribution in [2.45, 2.75) is 13.0 Å². The Morgan fingerprint density at radius 3 is 2.56 bits per heavy atom. The number of benzene rings is 2. The molecule has 0 aliphatic rings. The molecule has 0 unspecified atom stereocenters. The Labute approximate surface area is 271 Å². The molecule has 0 saturated heterocycles. The summed E-state index contributed by atoms with van der Waals surface area (Å²) in [5.41, 5.74) is 4.14. The van der Waals surface area contributed by atoms with Gasteiger partial charge in [0.15, 0.2) is 17.3 Å². The van der Waals surface area contributed by atoms with Gasteiger partial charge in [-0.15, -0.1) is 0 Å². The molecule has 2 aromatic carbocycles. The van der Waals surface area contributed by atoms with Crippen LogP contribution in [0.4, 0.5) is 14.5 Å². The van der Waals surface area contributed by atoms with Crippen molar-refractivity contribution in [3.8, 4) is 33.9 Å². The van der Waals surface area contributed by atoms with Crippen LogP contribution < -0.4 is 10.0 Å². The zero-order chi connectivity index (χ0) is 33.4. The third-order valence-corrected chi connectivity index (χ3v) is 8.14. The number of pyridine rings is 3. The Bertz CT molecular complexity index is 2450. The summed E-state index contributed by atoms with van der Waals surface area (Å²) in [7, 11) is -3.49. The summed E-state index contributed by atoms with van der Waals surface area (Å²) in [5.74, 6) is -1.30. The fourth-order valence-electron chi connectivity index (χ4n) is 5.36. The van der Waals surface area contributed by atoms with E-state index in [9.17, 15) is 17.6 Å². The molecule has 5 aromatic heterocycles. The van der Waals surface area contributed by atoms with Gasteiger partial charge in [0, 0.05) is 30.1 Å². The minimum atomic E-state index is -3.49. The SMILES string of the molecule is CS(=O)(=O)NCc1cc(F)cc(-c2ccnc3nc(-c4n[nH]c5cnc(-c6cncc(NC(=O)Cc7ccccc7)c6)c(F)c45)[nH]c23)c1. The average molecular weight is 666 g/mol. The highest BCUT2D eigenvalue weighted by Gasteiger charge is 2.22. The molecule has 1 amide bonds. The van der Waals surface area contributed by atoms with Gasteiger partial charge in [0.1, 0.15) is 17.2 Å². The minimum absolute atomic E-state index is 0.0123. The van der Waals surface area contributed by atoms with Gasteiger partial charge in [0.2, 0.25) is 15.9 Å². The lowest BCUT2D eigenvalue weighted by Gasteiger charge is -2.08. The molecule has 0 aliphatic heterocycles. The van der Waals surface area contributed by atoms with Gasteiger partial charge in [-0.2, -0.15) is 5.10 Å². The van der Waals surface area contributed by atoms with Gasteiger partial charge in [0.25, 0.3) is 0 Å². The van der Waals surface area contributed by atoms with Gasteiger partial charge >= 0.3 is 0 Å². The standard InChI is InChI=1S/C33H25F2N9O3S/c1-48(46,47)39-14-19-9-20(12-22(34)10-19)24-7-8-37-32-30(24)41-33(42-32)31-27-25(43-44-31)17-38-29(28(27)35)21-13-23(16-36-15-21)40-26(45)11-18-5-3-2-4-6-18/h2-10,12-13,15-17,39H,11,14H2,1H3,(H,40,45)(H,43,44)(H,37,41,42). The molecule has 0 fully saturated rings. The maximum Gasteiger partial charge on any atom is 0.228 e. The number of halogens is 2. The summed E-state index contributed by atoms with van der Waals surface area (Å²) in [5, 5.41) is 10.0. The van der Waals surface area contributed by atoms with E-state index in [0.717, 1.165) is 11.8 Å². The number of carbonyl (C=O) groups is 1. The molecule has 7 rings (SSSR count). The van der Waals surface area contributed by atoms with Gasteiger partial charge in [-0.1, -0.05) is 30.3 Å². The summed E-state index contributed by atoms with van der Waals surface area (Å²) in [6, 6.07) is 16.7. The quantitative estimate of drug-likeness (QED) is 0.164. The summed E-state index contributed by atoms with van der Waals surface area (Å²) < 4.78 is 56.4. The highest BCUT2D eigenvalue weighted by atomic mass is 32.2. The van der Waals surface area contributed by atoms with Gasteiger partial charge in [-0.05, 0) is 47.0 Å². The molecule has 0 aliphatic carbocycles. The Hall–Kier alpha value is -5.93. The van der Waals surface area contributed by atoms with Gasteiger partial charge in [-0.3, -0.25) is 19.9 Å². The Morgan fingerprint density at radius 1 is 0.917 bits per heavy atom. The molecule has 0 atom stereocenters. The molecule has 0 bridgehead atoms. The van der Waals surface area contributed by atoms with Crippen LogP contribution >= 0.6 is 0 Å². The first-order valence-electron chi connectivity index (χ1n) is 14.5. The summed E-state index contributed by atoms with van der Waals surface area (Å²) in [4.78, 5) is 33.1. The third-order valence-electron chi connectivity index (χ3n) is 7.47. The number of H-pyrrole nitrogens is 2. The monoisotopic (exact) mass is 665 g/mol. The lowest BCUT2D eigenvalue weighted by molar-refractivity contribution is -0.115. The highest BCUT2D eigenvalue weighted by Crippen LogP contribution is 2.34. The van der Waals surface area contributed by atoms with E-state index >= 15 is 4.39 Å². The third kappa shape index (κ3) is 6.36. The number of hydrogen-bond donors (Lipinski definition) is 4. The number of fused-ring (bicyclic) bond motifs is 2. The van der Waals surface area contributed by atoms with E-state index in [0.29, 0.717) is 39.0 Å². The fraction of sp³-hybridized carbons (Fsp3) is 0.0909.